The molecular weight excluding hydrogens is 452 g/mol. The largest absolute Gasteiger partial charge is 0.465 e. The minimum atomic E-state index is -1.26. The van der Waals surface area contributed by atoms with Crippen molar-refractivity contribution in [2.45, 2.75) is 102 Å². The molecule has 1 heterocycles. The normalized spacial score (nSPS) is 20.1. The predicted molar refractivity (Wildman–Crippen MR) is 127 cm³/mol. The highest BCUT2D eigenvalue weighted by Crippen LogP contribution is 2.26. The summed E-state index contributed by atoms with van der Waals surface area (Å²) in [6.45, 7) is 0.203. The summed E-state index contributed by atoms with van der Waals surface area (Å²) >= 11 is 0. The number of carbonyl (C=O) groups is 2. The van der Waals surface area contributed by atoms with Crippen LogP contribution >= 0.6 is 0 Å². The lowest BCUT2D eigenvalue weighted by molar-refractivity contribution is -0.151. The van der Waals surface area contributed by atoms with Crippen LogP contribution in [0.15, 0.2) is 12.4 Å². The summed E-state index contributed by atoms with van der Waals surface area (Å²) in [7, 11) is 0. The molecule has 2 aliphatic rings. The average molecular weight is 493 g/mol. The van der Waals surface area contributed by atoms with Crippen molar-refractivity contribution in [1.82, 2.24) is 9.97 Å². The van der Waals surface area contributed by atoms with Gasteiger partial charge in [0.15, 0.2) is 0 Å². The molecule has 3 N–H and O–H groups in total. The number of aliphatic hydroxyl groups excluding tert-OH is 3. The van der Waals surface area contributed by atoms with Gasteiger partial charge in [-0.05, 0) is 25.7 Å². The highest BCUT2D eigenvalue weighted by atomic mass is 16.5. The Hall–Kier alpha value is -2.10. The van der Waals surface area contributed by atoms with Crippen LogP contribution in [0.1, 0.15) is 94.5 Å². The molecule has 0 unspecified atom stereocenters. The van der Waals surface area contributed by atoms with E-state index in [0.717, 1.165) is 57.8 Å². The number of nitrogens with zero attached hydrogens (tertiary/aromatic N) is 2. The van der Waals surface area contributed by atoms with Gasteiger partial charge in [-0.2, -0.15) is 0 Å². The first-order chi connectivity index (χ1) is 16.9. The molecule has 0 radical (unpaired) electrons. The molecule has 196 valence electrons. The molecule has 0 aliphatic heterocycles. The molecule has 3 rings (SSSR count). The van der Waals surface area contributed by atoms with E-state index in [1.807, 2.05) is 0 Å². The third kappa shape index (κ3) is 9.13. The van der Waals surface area contributed by atoms with E-state index in [1.165, 1.54) is 18.8 Å². The zero-order valence-electron chi connectivity index (χ0n) is 20.5. The molecule has 0 spiro atoms. The molecule has 2 fully saturated rings. The lowest BCUT2D eigenvalue weighted by atomic mass is 9.89. The zero-order valence-corrected chi connectivity index (χ0v) is 20.5. The molecule has 0 bridgehead atoms. The van der Waals surface area contributed by atoms with E-state index in [2.05, 4.69) is 9.97 Å². The van der Waals surface area contributed by atoms with Crippen molar-refractivity contribution >= 4 is 11.9 Å². The van der Waals surface area contributed by atoms with E-state index in [0.29, 0.717) is 12.1 Å². The van der Waals surface area contributed by atoms with Crippen molar-refractivity contribution in [1.29, 1.82) is 0 Å². The third-order valence-corrected chi connectivity index (χ3v) is 7.07. The van der Waals surface area contributed by atoms with Crippen molar-refractivity contribution in [2.75, 3.05) is 13.2 Å². The van der Waals surface area contributed by atoms with E-state index in [1.54, 1.807) is 0 Å². The lowest BCUT2D eigenvalue weighted by Gasteiger charge is -2.21. The Morgan fingerprint density at radius 3 is 1.86 bits per heavy atom. The van der Waals surface area contributed by atoms with Gasteiger partial charge in [0, 0.05) is 25.5 Å². The van der Waals surface area contributed by atoms with Gasteiger partial charge in [-0.15, -0.1) is 0 Å². The van der Waals surface area contributed by atoms with Crippen LogP contribution in [0.2, 0.25) is 0 Å². The van der Waals surface area contributed by atoms with Crippen molar-refractivity contribution in [3.05, 3.63) is 23.8 Å². The second-order valence-electron chi connectivity index (χ2n) is 9.88. The second-order valence-corrected chi connectivity index (χ2v) is 9.88. The van der Waals surface area contributed by atoms with Gasteiger partial charge in [-0.3, -0.25) is 19.6 Å². The monoisotopic (exact) mass is 492 g/mol. The first kappa shape index (κ1) is 27.5. The van der Waals surface area contributed by atoms with Crippen LogP contribution in [0.25, 0.3) is 0 Å². The number of aliphatic hydroxyl groups is 3. The molecular formula is C26H40N2O7. The number of carbonyl (C=O) groups excluding carboxylic acids is 2. The smallest absolute Gasteiger partial charge is 0.308 e. The fraction of sp³-hybridized carbons (Fsp3) is 0.769. The Labute approximate surface area is 207 Å². The van der Waals surface area contributed by atoms with Crippen LogP contribution in [0.5, 0.6) is 0 Å². The lowest BCUT2D eigenvalue weighted by Crippen LogP contribution is -2.25. The van der Waals surface area contributed by atoms with E-state index >= 15 is 0 Å². The molecule has 2 saturated carbocycles. The minimum absolute atomic E-state index is 0.00924. The predicted octanol–water partition coefficient (Wildman–Crippen LogP) is 2.80. The SMILES string of the molecule is O=C(OCC[C@@H](O)Cc1cnc([C@@H](O)[C@H](O)CCOC(=O)C2CCCCC2)cn1)C1CCCCC1. The quantitative estimate of drug-likeness (QED) is 0.376. The Morgan fingerprint density at radius 2 is 1.34 bits per heavy atom. The van der Waals surface area contributed by atoms with Gasteiger partial charge in [0.25, 0.3) is 0 Å². The van der Waals surface area contributed by atoms with Crippen LogP contribution in [0.4, 0.5) is 0 Å². The Bertz CT molecular complexity index is 776. The van der Waals surface area contributed by atoms with Gasteiger partial charge in [0.05, 0.1) is 54.8 Å². The Morgan fingerprint density at radius 1 is 0.800 bits per heavy atom. The fourth-order valence-electron chi connectivity index (χ4n) is 4.81. The summed E-state index contributed by atoms with van der Waals surface area (Å²) in [5.41, 5.74) is 0.735. The molecule has 0 amide bonds. The van der Waals surface area contributed by atoms with Crippen molar-refractivity contribution in [3.63, 3.8) is 0 Å². The molecule has 9 nitrogen and oxygen atoms in total. The van der Waals surface area contributed by atoms with Crippen LogP contribution in [-0.4, -0.2) is 62.6 Å². The molecule has 2 aliphatic carbocycles. The first-order valence-corrected chi connectivity index (χ1v) is 13.1. The number of esters is 2. The van der Waals surface area contributed by atoms with Gasteiger partial charge in [-0.1, -0.05) is 38.5 Å². The van der Waals surface area contributed by atoms with E-state index in [9.17, 15) is 24.9 Å². The summed E-state index contributed by atoms with van der Waals surface area (Å²) < 4.78 is 10.6. The fourth-order valence-corrected chi connectivity index (χ4v) is 4.81. The topological polar surface area (TPSA) is 139 Å². The summed E-state index contributed by atoms with van der Waals surface area (Å²) in [5.74, 6) is -0.455. The molecule has 0 aromatic carbocycles. The van der Waals surface area contributed by atoms with Crippen molar-refractivity contribution in [2.24, 2.45) is 11.8 Å². The summed E-state index contributed by atoms with van der Waals surface area (Å²) in [5, 5.41) is 30.9. The van der Waals surface area contributed by atoms with Crippen LogP contribution in [-0.2, 0) is 25.5 Å². The molecule has 0 saturated heterocycles. The number of ether oxygens (including phenoxy) is 2. The number of hydrogen-bond donors (Lipinski definition) is 3. The van der Waals surface area contributed by atoms with Crippen LogP contribution < -0.4 is 0 Å². The van der Waals surface area contributed by atoms with Crippen molar-refractivity contribution < 1.29 is 34.4 Å². The standard InChI is InChI=1S/C26H40N2O7/c29-21(11-13-34-25(32)18-7-3-1-4-8-18)15-20-16-28-22(17-27-20)24(31)23(30)12-14-35-26(33)19-9-5-2-6-10-19/h16-19,21,23-24,29-31H,1-15H2/t21-,23-,24-/m1/s1. The minimum Gasteiger partial charge on any atom is -0.465 e. The van der Waals surface area contributed by atoms with Gasteiger partial charge >= 0.3 is 11.9 Å². The van der Waals surface area contributed by atoms with Crippen LogP contribution in [0.3, 0.4) is 0 Å². The Balaban J connectivity index is 1.33. The maximum absolute atomic E-state index is 12.1. The highest BCUT2D eigenvalue weighted by Gasteiger charge is 2.25. The molecule has 9 heteroatoms. The molecule has 1 aromatic heterocycles. The maximum atomic E-state index is 12.1. The average Bonchev–Trinajstić information content (AvgIpc) is 2.89. The Kier molecular flexibility index (Phi) is 11.4. The molecule has 3 atom stereocenters. The van der Waals surface area contributed by atoms with Gasteiger partial charge in [0.1, 0.15) is 6.10 Å². The number of hydrogen-bond acceptors (Lipinski definition) is 9. The van der Waals surface area contributed by atoms with E-state index in [-0.39, 0.29) is 55.5 Å². The molecule has 35 heavy (non-hydrogen) atoms. The third-order valence-electron chi connectivity index (χ3n) is 7.07. The number of aromatic nitrogens is 2. The van der Waals surface area contributed by atoms with Crippen LogP contribution in [0, 0.1) is 11.8 Å². The second kappa shape index (κ2) is 14.5. The van der Waals surface area contributed by atoms with Gasteiger partial charge in [0.2, 0.25) is 0 Å². The van der Waals surface area contributed by atoms with Gasteiger partial charge in [-0.25, -0.2) is 0 Å². The highest BCUT2D eigenvalue weighted by molar-refractivity contribution is 5.72. The maximum Gasteiger partial charge on any atom is 0.308 e. The van der Waals surface area contributed by atoms with Gasteiger partial charge < -0.3 is 24.8 Å². The zero-order chi connectivity index (χ0) is 25.0. The summed E-state index contributed by atoms with van der Waals surface area (Å²) in [4.78, 5) is 32.5. The molecule has 1 aromatic rings. The van der Waals surface area contributed by atoms with E-state index in [4.69, 9.17) is 9.47 Å². The van der Waals surface area contributed by atoms with E-state index < -0.39 is 18.3 Å². The summed E-state index contributed by atoms with van der Waals surface area (Å²) in [6.07, 6.45) is 10.4. The van der Waals surface area contributed by atoms with Crippen molar-refractivity contribution in [3.8, 4) is 0 Å². The number of rotatable bonds is 12. The summed E-state index contributed by atoms with van der Waals surface area (Å²) in [6, 6.07) is 0. The first-order valence-electron chi connectivity index (χ1n) is 13.1.